The van der Waals surface area contributed by atoms with Crippen LogP contribution >= 0.6 is 0 Å². The fraction of sp³-hybridized carbons (Fsp3) is 0.778. The third-order valence-corrected chi connectivity index (χ3v) is 3.54. The maximum atomic E-state index is 11.7. The largest absolute Gasteiger partial charge is 0.463 e. The number of ether oxygens (including phenoxy) is 5. The van der Waals surface area contributed by atoms with Gasteiger partial charge >= 0.3 is 17.9 Å². The lowest BCUT2D eigenvalue weighted by molar-refractivity contribution is -0.297. The van der Waals surface area contributed by atoms with Gasteiger partial charge in [0.2, 0.25) is 5.91 Å². The number of hydrogen-bond donors (Lipinski definition) is 1. The van der Waals surface area contributed by atoms with Crippen LogP contribution in [0.25, 0.3) is 0 Å². The quantitative estimate of drug-likeness (QED) is 0.497. The summed E-state index contributed by atoms with van der Waals surface area (Å²) in [7, 11) is 0. The molecule has 1 N–H and O–H groups in total. The maximum Gasteiger partial charge on any atom is 0.303 e. The standard InChI is InChI=1S/C18H29NO9/c1-9(20)19-14-16(26-12(4)23)15(25-11(3)22)13(8-24-10(2)21)27-17(14)28-18(5,6)7/h13-17H,8H2,1-7H3,(H,19,20)/t13-,14-,15+,16+,17-/m0/s1. The summed E-state index contributed by atoms with van der Waals surface area (Å²) >= 11 is 0. The first-order valence-electron chi connectivity index (χ1n) is 8.88. The molecule has 0 unspecified atom stereocenters. The first kappa shape index (κ1) is 23.8. The van der Waals surface area contributed by atoms with E-state index in [1.165, 1.54) is 27.7 Å². The van der Waals surface area contributed by atoms with Gasteiger partial charge in [-0.3, -0.25) is 19.2 Å². The van der Waals surface area contributed by atoms with E-state index in [1.807, 2.05) is 0 Å². The van der Waals surface area contributed by atoms with E-state index in [1.54, 1.807) is 20.8 Å². The van der Waals surface area contributed by atoms with Gasteiger partial charge in [0.15, 0.2) is 18.5 Å². The van der Waals surface area contributed by atoms with Crippen LogP contribution in [-0.4, -0.2) is 66.7 Å². The molecule has 0 aromatic rings. The molecule has 5 atom stereocenters. The Morgan fingerprint density at radius 2 is 1.43 bits per heavy atom. The highest BCUT2D eigenvalue weighted by atomic mass is 16.7. The van der Waals surface area contributed by atoms with Crippen LogP contribution in [0.3, 0.4) is 0 Å². The topological polar surface area (TPSA) is 126 Å². The molecule has 10 heteroatoms. The van der Waals surface area contributed by atoms with Crippen molar-refractivity contribution in [3.8, 4) is 0 Å². The average molecular weight is 403 g/mol. The molecule has 0 aliphatic carbocycles. The fourth-order valence-electron chi connectivity index (χ4n) is 2.74. The maximum absolute atomic E-state index is 11.7. The number of amides is 1. The Hall–Kier alpha value is -2.20. The zero-order chi connectivity index (χ0) is 21.6. The Morgan fingerprint density at radius 1 is 0.893 bits per heavy atom. The van der Waals surface area contributed by atoms with E-state index < -0.39 is 60.1 Å². The van der Waals surface area contributed by atoms with Crippen molar-refractivity contribution in [3.63, 3.8) is 0 Å². The third kappa shape index (κ3) is 7.81. The fourth-order valence-corrected chi connectivity index (χ4v) is 2.74. The number of carbonyl (C=O) groups is 4. The molecule has 0 radical (unpaired) electrons. The van der Waals surface area contributed by atoms with Gasteiger partial charge in [-0.25, -0.2) is 0 Å². The lowest BCUT2D eigenvalue weighted by Crippen LogP contribution is -2.67. The Bertz CT molecular complexity index is 598. The molecular weight excluding hydrogens is 374 g/mol. The van der Waals surface area contributed by atoms with Crippen LogP contribution in [0.2, 0.25) is 0 Å². The Balaban J connectivity index is 3.33. The minimum absolute atomic E-state index is 0.262. The van der Waals surface area contributed by atoms with Crippen molar-refractivity contribution in [3.05, 3.63) is 0 Å². The van der Waals surface area contributed by atoms with E-state index >= 15 is 0 Å². The minimum atomic E-state index is -1.13. The van der Waals surface area contributed by atoms with Gasteiger partial charge in [0.25, 0.3) is 0 Å². The second-order valence-electron chi connectivity index (χ2n) is 7.45. The summed E-state index contributed by atoms with van der Waals surface area (Å²) in [6.07, 6.45) is -4.28. The molecular formula is C18H29NO9. The molecule has 0 spiro atoms. The van der Waals surface area contributed by atoms with Crippen LogP contribution in [0.4, 0.5) is 0 Å². The predicted molar refractivity (Wildman–Crippen MR) is 94.8 cm³/mol. The number of nitrogens with one attached hydrogen (secondary N) is 1. The smallest absolute Gasteiger partial charge is 0.303 e. The monoisotopic (exact) mass is 403 g/mol. The van der Waals surface area contributed by atoms with Gasteiger partial charge in [0.1, 0.15) is 18.8 Å². The summed E-state index contributed by atoms with van der Waals surface area (Å²) in [5, 5.41) is 2.63. The normalized spacial score (nSPS) is 27.5. The van der Waals surface area contributed by atoms with Crippen LogP contribution in [0, 0.1) is 0 Å². The van der Waals surface area contributed by atoms with E-state index in [4.69, 9.17) is 23.7 Å². The molecule has 0 aromatic carbocycles. The number of hydrogen-bond acceptors (Lipinski definition) is 9. The summed E-state index contributed by atoms with van der Waals surface area (Å²) in [5.74, 6) is -2.30. The summed E-state index contributed by atoms with van der Waals surface area (Å²) in [6.45, 7) is 9.94. The van der Waals surface area contributed by atoms with E-state index in [0.29, 0.717) is 0 Å². The zero-order valence-corrected chi connectivity index (χ0v) is 17.3. The van der Waals surface area contributed by atoms with E-state index in [9.17, 15) is 19.2 Å². The number of rotatable bonds is 6. The minimum Gasteiger partial charge on any atom is -0.463 e. The molecule has 160 valence electrons. The van der Waals surface area contributed by atoms with Crippen molar-refractivity contribution in [2.45, 2.75) is 84.7 Å². The van der Waals surface area contributed by atoms with Crippen LogP contribution in [-0.2, 0) is 42.9 Å². The second-order valence-corrected chi connectivity index (χ2v) is 7.45. The van der Waals surface area contributed by atoms with Gasteiger partial charge in [0, 0.05) is 27.7 Å². The highest BCUT2D eigenvalue weighted by Crippen LogP contribution is 2.30. The van der Waals surface area contributed by atoms with E-state index in [-0.39, 0.29) is 6.61 Å². The van der Waals surface area contributed by atoms with Crippen LogP contribution in [0.1, 0.15) is 48.5 Å². The lowest BCUT2D eigenvalue weighted by Gasteiger charge is -2.46. The third-order valence-electron chi connectivity index (χ3n) is 3.54. The second kappa shape index (κ2) is 9.83. The van der Waals surface area contributed by atoms with Crippen molar-refractivity contribution < 1.29 is 42.9 Å². The van der Waals surface area contributed by atoms with Crippen molar-refractivity contribution >= 4 is 23.8 Å². The number of esters is 3. The molecule has 1 amide bonds. The summed E-state index contributed by atoms with van der Waals surface area (Å²) in [6, 6.07) is -0.960. The molecule has 1 saturated heterocycles. The molecule has 28 heavy (non-hydrogen) atoms. The Labute approximate surface area is 164 Å². The van der Waals surface area contributed by atoms with Gasteiger partial charge < -0.3 is 29.0 Å². The van der Waals surface area contributed by atoms with Gasteiger partial charge in [-0.15, -0.1) is 0 Å². The first-order valence-corrected chi connectivity index (χ1v) is 8.88. The van der Waals surface area contributed by atoms with Crippen molar-refractivity contribution in [2.24, 2.45) is 0 Å². The van der Waals surface area contributed by atoms with Crippen LogP contribution < -0.4 is 5.32 Å². The molecule has 1 aliphatic heterocycles. The van der Waals surface area contributed by atoms with Gasteiger partial charge in [0.05, 0.1) is 5.60 Å². The highest BCUT2D eigenvalue weighted by Gasteiger charge is 2.52. The van der Waals surface area contributed by atoms with Crippen molar-refractivity contribution in [2.75, 3.05) is 6.61 Å². The predicted octanol–water partition coefficient (Wildman–Crippen LogP) is 0.458. The number of carbonyl (C=O) groups excluding carboxylic acids is 4. The Morgan fingerprint density at radius 3 is 1.86 bits per heavy atom. The van der Waals surface area contributed by atoms with Crippen LogP contribution in [0.15, 0.2) is 0 Å². The lowest BCUT2D eigenvalue weighted by atomic mass is 9.95. The Kier molecular flexibility index (Phi) is 8.37. The zero-order valence-electron chi connectivity index (χ0n) is 17.3. The average Bonchev–Trinajstić information content (AvgIpc) is 2.48. The molecule has 0 aromatic heterocycles. The van der Waals surface area contributed by atoms with E-state index in [0.717, 1.165) is 0 Å². The van der Waals surface area contributed by atoms with Crippen LogP contribution in [0.5, 0.6) is 0 Å². The van der Waals surface area contributed by atoms with Crippen molar-refractivity contribution in [1.82, 2.24) is 5.32 Å². The molecule has 1 heterocycles. The molecule has 10 nitrogen and oxygen atoms in total. The molecule has 1 aliphatic rings. The molecule has 0 bridgehead atoms. The molecule has 1 rings (SSSR count). The summed E-state index contributed by atoms with van der Waals surface area (Å²) in [5.41, 5.74) is -0.678. The van der Waals surface area contributed by atoms with E-state index in [2.05, 4.69) is 5.32 Å². The summed E-state index contributed by atoms with van der Waals surface area (Å²) in [4.78, 5) is 46.3. The van der Waals surface area contributed by atoms with Gasteiger partial charge in [-0.2, -0.15) is 0 Å². The SMILES string of the molecule is CC(=O)N[C@@H]1[C@H](OC(C)(C)C)O[C@@H](COC(C)=O)[C@@H](OC(C)=O)[C@@H]1OC(C)=O. The highest BCUT2D eigenvalue weighted by molar-refractivity contribution is 5.73. The summed E-state index contributed by atoms with van der Waals surface area (Å²) < 4.78 is 27.4. The molecule has 1 fully saturated rings. The first-order chi connectivity index (χ1) is 12.8. The van der Waals surface area contributed by atoms with Crippen molar-refractivity contribution in [1.29, 1.82) is 0 Å². The molecule has 0 saturated carbocycles. The van der Waals surface area contributed by atoms with Gasteiger partial charge in [-0.1, -0.05) is 0 Å². The van der Waals surface area contributed by atoms with Gasteiger partial charge in [-0.05, 0) is 20.8 Å².